The van der Waals surface area contributed by atoms with Gasteiger partial charge in [-0.2, -0.15) is 4.73 Å². The van der Waals surface area contributed by atoms with Gasteiger partial charge < -0.3 is 5.21 Å². The number of carbonyl (C=O) groups excluding carboxylic acids is 1. The van der Waals surface area contributed by atoms with E-state index in [1.165, 1.54) is 19.2 Å². The van der Waals surface area contributed by atoms with Crippen LogP contribution in [-0.2, 0) is 4.79 Å². The van der Waals surface area contributed by atoms with Gasteiger partial charge in [-0.1, -0.05) is 18.3 Å². The van der Waals surface area contributed by atoms with Crippen LogP contribution < -0.4 is 0 Å². The van der Waals surface area contributed by atoms with E-state index in [1.807, 2.05) is 0 Å². The first-order valence-electron chi connectivity index (χ1n) is 3.71. The van der Waals surface area contributed by atoms with Gasteiger partial charge >= 0.3 is 0 Å². The molecule has 3 nitrogen and oxygen atoms in total. The highest BCUT2D eigenvalue weighted by Crippen LogP contribution is 2.04. The van der Waals surface area contributed by atoms with Crippen LogP contribution in [0.1, 0.15) is 12.5 Å². The van der Waals surface area contributed by atoms with Crippen molar-refractivity contribution < 1.29 is 10.0 Å². The van der Waals surface area contributed by atoms with Crippen LogP contribution in [0.2, 0.25) is 0 Å². The van der Waals surface area contributed by atoms with E-state index < -0.39 is 0 Å². The van der Waals surface area contributed by atoms with Crippen molar-refractivity contribution in [2.45, 2.75) is 6.92 Å². The highest BCUT2D eigenvalue weighted by atomic mass is 32.1. The fourth-order valence-corrected chi connectivity index (χ4v) is 1.03. The Morgan fingerprint density at radius 1 is 1.69 bits per heavy atom. The van der Waals surface area contributed by atoms with Gasteiger partial charge in [0, 0.05) is 11.8 Å². The molecular formula is C9H9NO2S. The largest absolute Gasteiger partial charge is 0.428 e. The number of aromatic nitrogens is 1. The van der Waals surface area contributed by atoms with E-state index in [9.17, 15) is 4.79 Å². The highest BCUT2D eigenvalue weighted by molar-refractivity contribution is 7.71. The maximum Gasteiger partial charge on any atom is 0.152 e. The van der Waals surface area contributed by atoms with Gasteiger partial charge in [0.2, 0.25) is 0 Å². The molecule has 0 spiro atoms. The Morgan fingerprint density at radius 2 is 2.38 bits per heavy atom. The predicted molar refractivity (Wildman–Crippen MR) is 52.2 cm³/mol. The van der Waals surface area contributed by atoms with Gasteiger partial charge in [-0.05, 0) is 25.1 Å². The lowest BCUT2D eigenvalue weighted by molar-refractivity contribution is -0.112. The summed E-state index contributed by atoms with van der Waals surface area (Å²) in [5.74, 6) is -0.0530. The van der Waals surface area contributed by atoms with Crippen LogP contribution in [0, 0.1) is 4.64 Å². The Bertz CT molecular complexity index is 406. The first kappa shape index (κ1) is 9.67. The summed E-state index contributed by atoms with van der Waals surface area (Å²) >= 11 is 4.90. The molecule has 0 amide bonds. The zero-order chi connectivity index (χ0) is 9.84. The number of rotatable bonds is 2. The van der Waals surface area contributed by atoms with Crippen LogP contribution in [0.3, 0.4) is 0 Å². The molecule has 0 bridgehead atoms. The second kappa shape index (κ2) is 4.00. The second-order valence-corrected chi connectivity index (χ2v) is 2.94. The maximum absolute atomic E-state index is 10.6. The number of hydrogen-bond donors (Lipinski definition) is 1. The zero-order valence-corrected chi connectivity index (χ0v) is 7.91. The Balaban J connectivity index is 3.10. The molecule has 0 aliphatic rings. The Hall–Kier alpha value is -1.42. The molecule has 0 aliphatic heterocycles. The van der Waals surface area contributed by atoms with Crippen molar-refractivity contribution in [1.82, 2.24) is 4.73 Å². The minimum absolute atomic E-state index is 0.0530. The molecule has 0 saturated heterocycles. The number of nitrogens with zero attached hydrogens (tertiary/aromatic N) is 1. The van der Waals surface area contributed by atoms with Crippen molar-refractivity contribution in [3.05, 3.63) is 34.6 Å². The van der Waals surface area contributed by atoms with Crippen molar-refractivity contribution in [1.29, 1.82) is 0 Å². The summed E-state index contributed by atoms with van der Waals surface area (Å²) in [4.78, 5) is 10.6. The molecule has 0 aliphatic carbocycles. The lowest BCUT2D eigenvalue weighted by atomic mass is 10.2. The van der Waals surface area contributed by atoms with Gasteiger partial charge in [0.25, 0.3) is 0 Å². The van der Waals surface area contributed by atoms with Gasteiger partial charge in [0.05, 0.1) is 0 Å². The van der Waals surface area contributed by atoms with E-state index in [-0.39, 0.29) is 5.78 Å². The third kappa shape index (κ3) is 2.52. The molecular weight excluding hydrogens is 186 g/mol. The van der Waals surface area contributed by atoms with E-state index in [4.69, 9.17) is 17.4 Å². The minimum Gasteiger partial charge on any atom is -0.428 e. The first-order chi connectivity index (χ1) is 6.11. The van der Waals surface area contributed by atoms with Crippen LogP contribution in [-0.4, -0.2) is 15.7 Å². The van der Waals surface area contributed by atoms with Crippen molar-refractivity contribution in [2.75, 3.05) is 0 Å². The fourth-order valence-electron chi connectivity index (χ4n) is 0.833. The van der Waals surface area contributed by atoms with Crippen LogP contribution >= 0.6 is 12.2 Å². The summed E-state index contributed by atoms with van der Waals surface area (Å²) in [6.45, 7) is 1.45. The van der Waals surface area contributed by atoms with Crippen molar-refractivity contribution >= 4 is 24.1 Å². The summed E-state index contributed by atoms with van der Waals surface area (Å²) in [6, 6.07) is 3.38. The first-order valence-corrected chi connectivity index (χ1v) is 4.11. The predicted octanol–water partition coefficient (Wildman–Crippen LogP) is 2.06. The Morgan fingerprint density at radius 3 is 3.00 bits per heavy atom. The molecule has 13 heavy (non-hydrogen) atoms. The summed E-state index contributed by atoms with van der Waals surface area (Å²) in [5.41, 5.74) is 0.648. The molecule has 1 heterocycles. The quantitative estimate of drug-likeness (QED) is 0.446. The number of hydrogen-bond acceptors (Lipinski definition) is 3. The molecule has 0 unspecified atom stereocenters. The average Bonchev–Trinajstić information content (AvgIpc) is 2.07. The Kier molecular flexibility index (Phi) is 2.97. The second-order valence-electron chi connectivity index (χ2n) is 2.56. The molecule has 1 N–H and O–H groups in total. The number of allylic oxidation sites excluding steroid dienone is 1. The molecule has 1 aromatic heterocycles. The molecule has 0 atom stereocenters. The van der Waals surface area contributed by atoms with Crippen LogP contribution in [0.25, 0.3) is 6.08 Å². The van der Waals surface area contributed by atoms with Crippen LogP contribution in [0.4, 0.5) is 0 Å². The van der Waals surface area contributed by atoms with Gasteiger partial charge in [-0.15, -0.1) is 0 Å². The smallest absolute Gasteiger partial charge is 0.152 e. The number of ketones is 1. The van der Waals surface area contributed by atoms with Crippen molar-refractivity contribution in [3.63, 3.8) is 0 Å². The minimum atomic E-state index is -0.0530. The van der Waals surface area contributed by atoms with Gasteiger partial charge in [-0.3, -0.25) is 4.79 Å². The third-order valence-electron chi connectivity index (χ3n) is 1.46. The number of pyridine rings is 1. The molecule has 0 saturated carbocycles. The lowest BCUT2D eigenvalue weighted by Crippen LogP contribution is -1.94. The maximum atomic E-state index is 10.6. The summed E-state index contributed by atoms with van der Waals surface area (Å²) in [7, 11) is 0. The summed E-state index contributed by atoms with van der Waals surface area (Å²) in [5, 5.41) is 9.16. The molecule has 0 aromatic carbocycles. The lowest BCUT2D eigenvalue weighted by Gasteiger charge is -1.98. The van der Waals surface area contributed by atoms with Gasteiger partial charge in [0.1, 0.15) is 4.64 Å². The van der Waals surface area contributed by atoms with Crippen LogP contribution in [0.5, 0.6) is 0 Å². The van der Waals surface area contributed by atoms with Crippen molar-refractivity contribution in [2.24, 2.45) is 0 Å². The summed E-state index contributed by atoms with van der Waals surface area (Å²) in [6.07, 6.45) is 4.43. The fraction of sp³-hybridized carbons (Fsp3) is 0.111. The van der Waals surface area contributed by atoms with Gasteiger partial charge in [0.15, 0.2) is 5.78 Å². The van der Waals surface area contributed by atoms with Crippen LogP contribution in [0.15, 0.2) is 24.4 Å². The number of carbonyl (C=O) groups is 1. The monoisotopic (exact) mass is 195 g/mol. The average molecular weight is 195 g/mol. The Labute approximate surface area is 80.9 Å². The molecule has 1 rings (SSSR count). The van der Waals surface area contributed by atoms with E-state index in [1.54, 1.807) is 18.2 Å². The topological polar surface area (TPSA) is 42.2 Å². The van der Waals surface area contributed by atoms with E-state index in [0.29, 0.717) is 10.2 Å². The molecule has 0 radical (unpaired) electrons. The van der Waals surface area contributed by atoms with Gasteiger partial charge in [-0.25, -0.2) is 0 Å². The molecule has 4 heteroatoms. The highest BCUT2D eigenvalue weighted by Gasteiger charge is 1.93. The van der Waals surface area contributed by atoms with Crippen molar-refractivity contribution in [3.8, 4) is 0 Å². The SMILES string of the molecule is CC(=O)/C=C\c1cccn(O)c1=S. The standard InChI is InChI=1S/C9H9NO2S/c1-7(11)4-5-8-3-2-6-10(12)9(8)13/h2-6,12H,1H3/b5-4-. The van der Waals surface area contributed by atoms with E-state index in [0.717, 1.165) is 4.73 Å². The summed E-state index contributed by atoms with van der Waals surface area (Å²) < 4.78 is 1.13. The third-order valence-corrected chi connectivity index (χ3v) is 1.88. The zero-order valence-electron chi connectivity index (χ0n) is 7.10. The van der Waals surface area contributed by atoms with E-state index >= 15 is 0 Å². The molecule has 68 valence electrons. The molecule has 0 fully saturated rings. The molecule has 1 aromatic rings. The van der Waals surface area contributed by atoms with E-state index in [2.05, 4.69) is 0 Å². The normalized spacial score (nSPS) is 10.5.